The molecule has 2 aliphatic rings. The molecule has 0 saturated carbocycles. The summed E-state index contributed by atoms with van der Waals surface area (Å²) in [6.45, 7) is 0.352. The Morgan fingerprint density at radius 2 is 2.03 bits per heavy atom. The zero-order valence-electron chi connectivity index (χ0n) is 17.3. The Labute approximate surface area is 183 Å². The molecule has 2 aliphatic heterocycles. The second kappa shape index (κ2) is 7.49. The number of nitrogens with zero attached hydrogens (tertiary/aromatic N) is 2. The molecule has 3 heterocycles. The number of hydrogen-bond acceptors (Lipinski definition) is 5. The predicted octanol–water partition coefficient (Wildman–Crippen LogP) is 2.49. The first-order valence-electron chi connectivity index (χ1n) is 10.1. The number of carbonyl (C=O) groups excluding carboxylic acids is 3. The van der Waals surface area contributed by atoms with Crippen molar-refractivity contribution in [3.8, 4) is 5.75 Å². The van der Waals surface area contributed by atoms with Crippen molar-refractivity contribution in [3.05, 3.63) is 77.5 Å². The smallest absolute Gasteiger partial charge is 0.322 e. The van der Waals surface area contributed by atoms with Gasteiger partial charge in [0.2, 0.25) is 0 Å². The van der Waals surface area contributed by atoms with Crippen molar-refractivity contribution in [2.45, 2.75) is 12.1 Å². The first kappa shape index (κ1) is 19.7. The number of amides is 4. The van der Waals surface area contributed by atoms with Crippen LogP contribution in [0.5, 0.6) is 5.75 Å². The van der Waals surface area contributed by atoms with Crippen molar-refractivity contribution in [2.75, 3.05) is 13.7 Å². The molecular weight excluding hydrogens is 408 g/mol. The number of urea groups is 1. The van der Waals surface area contributed by atoms with E-state index >= 15 is 0 Å². The third-order valence-electron chi connectivity index (χ3n) is 5.79. The predicted molar refractivity (Wildman–Crippen MR) is 118 cm³/mol. The highest BCUT2D eigenvalue weighted by Crippen LogP contribution is 2.29. The number of fused-ring (bicyclic) bond motifs is 2. The van der Waals surface area contributed by atoms with E-state index in [1.165, 1.54) is 0 Å². The maximum atomic E-state index is 13.0. The van der Waals surface area contributed by atoms with Crippen LogP contribution in [0.1, 0.15) is 21.5 Å². The Hall–Kier alpha value is -4.20. The summed E-state index contributed by atoms with van der Waals surface area (Å²) in [6, 6.07) is 14.3. The molecule has 5 rings (SSSR count). The Balaban J connectivity index is 1.45. The minimum atomic E-state index is -1.37. The Bertz CT molecular complexity index is 1300. The van der Waals surface area contributed by atoms with Crippen LogP contribution in [0.2, 0.25) is 0 Å². The molecule has 0 radical (unpaired) electrons. The standard InChI is InChI=1S/C24H20N4O4/c1-32-18-6-5-17-13-28(21(29)19(17)12-18)14-24(22(30)26-23(31)27-24)9-8-15-4-7-20-16(11-15)3-2-10-25-20/h2-12H,13-14H2,1H3,(H2,26,27,30,31)/b9-8-/t24-/m1/s1. The summed E-state index contributed by atoms with van der Waals surface area (Å²) in [5.41, 5.74) is 1.72. The van der Waals surface area contributed by atoms with Crippen LogP contribution in [0, 0.1) is 0 Å². The van der Waals surface area contributed by atoms with Crippen LogP contribution >= 0.6 is 0 Å². The number of carbonyl (C=O) groups is 3. The molecule has 0 spiro atoms. The van der Waals surface area contributed by atoms with Crippen LogP contribution < -0.4 is 15.4 Å². The molecule has 2 N–H and O–H groups in total. The molecular formula is C24H20N4O4. The van der Waals surface area contributed by atoms with E-state index in [0.29, 0.717) is 17.9 Å². The molecule has 1 aromatic heterocycles. The van der Waals surface area contributed by atoms with E-state index in [4.69, 9.17) is 4.74 Å². The van der Waals surface area contributed by atoms with Gasteiger partial charge in [-0.05, 0) is 47.5 Å². The first-order valence-corrected chi connectivity index (χ1v) is 10.1. The average Bonchev–Trinajstić information content (AvgIpc) is 3.26. The van der Waals surface area contributed by atoms with E-state index in [2.05, 4.69) is 15.6 Å². The number of aromatic nitrogens is 1. The zero-order chi connectivity index (χ0) is 22.3. The fraction of sp³-hybridized carbons (Fsp3) is 0.167. The Morgan fingerprint density at radius 1 is 1.16 bits per heavy atom. The highest BCUT2D eigenvalue weighted by atomic mass is 16.5. The first-order chi connectivity index (χ1) is 15.5. The third-order valence-corrected chi connectivity index (χ3v) is 5.79. The van der Waals surface area contributed by atoms with Crippen LogP contribution in [-0.4, -0.2) is 46.9 Å². The Kier molecular flexibility index (Phi) is 4.62. The molecule has 0 aliphatic carbocycles. The Morgan fingerprint density at radius 3 is 2.81 bits per heavy atom. The van der Waals surface area contributed by atoms with E-state index in [1.54, 1.807) is 42.5 Å². The molecule has 8 nitrogen and oxygen atoms in total. The normalized spacial score (nSPS) is 20.0. The minimum Gasteiger partial charge on any atom is -0.497 e. The molecule has 3 aromatic rings. The SMILES string of the molecule is COc1ccc2c(c1)C(=O)N(C[C@@]1(/C=C\c3ccc4ncccc4c3)NC(=O)NC1=O)C2. The largest absolute Gasteiger partial charge is 0.497 e. The van der Waals surface area contributed by atoms with Crippen molar-refractivity contribution in [2.24, 2.45) is 0 Å². The zero-order valence-corrected chi connectivity index (χ0v) is 17.3. The molecule has 0 unspecified atom stereocenters. The van der Waals surface area contributed by atoms with E-state index in [-0.39, 0.29) is 12.5 Å². The summed E-state index contributed by atoms with van der Waals surface area (Å²) in [6.07, 6.45) is 5.14. The average molecular weight is 428 g/mol. The highest BCUT2D eigenvalue weighted by Gasteiger charge is 2.47. The van der Waals surface area contributed by atoms with Gasteiger partial charge in [-0.25, -0.2) is 4.79 Å². The van der Waals surface area contributed by atoms with E-state index < -0.39 is 17.5 Å². The van der Waals surface area contributed by atoms with Gasteiger partial charge in [-0.1, -0.05) is 24.3 Å². The van der Waals surface area contributed by atoms with Gasteiger partial charge in [-0.3, -0.25) is 19.9 Å². The molecule has 8 heteroatoms. The number of methoxy groups -OCH3 is 1. The van der Waals surface area contributed by atoms with Crippen LogP contribution in [0.3, 0.4) is 0 Å². The maximum Gasteiger partial charge on any atom is 0.322 e. The van der Waals surface area contributed by atoms with Crippen LogP contribution in [0.25, 0.3) is 17.0 Å². The number of ether oxygens (including phenoxy) is 1. The van der Waals surface area contributed by atoms with Crippen molar-refractivity contribution in [1.29, 1.82) is 0 Å². The van der Waals surface area contributed by atoms with Gasteiger partial charge in [-0.2, -0.15) is 0 Å². The number of pyridine rings is 1. The fourth-order valence-electron chi connectivity index (χ4n) is 4.12. The molecule has 4 amide bonds. The molecule has 1 atom stereocenters. The van der Waals surface area contributed by atoms with Gasteiger partial charge < -0.3 is 15.0 Å². The molecule has 160 valence electrons. The lowest BCUT2D eigenvalue weighted by Gasteiger charge is -2.28. The van der Waals surface area contributed by atoms with Gasteiger partial charge >= 0.3 is 6.03 Å². The van der Waals surface area contributed by atoms with Crippen molar-refractivity contribution >= 4 is 34.8 Å². The number of imide groups is 1. The maximum absolute atomic E-state index is 13.0. The molecule has 2 aromatic carbocycles. The second-order valence-electron chi connectivity index (χ2n) is 7.85. The molecule has 1 saturated heterocycles. The lowest BCUT2D eigenvalue weighted by molar-refractivity contribution is -0.122. The lowest BCUT2D eigenvalue weighted by Crippen LogP contribution is -2.53. The van der Waals surface area contributed by atoms with Crippen LogP contribution in [0.15, 0.2) is 60.8 Å². The molecule has 0 bridgehead atoms. The van der Waals surface area contributed by atoms with E-state index in [9.17, 15) is 14.4 Å². The fourth-order valence-corrected chi connectivity index (χ4v) is 4.12. The van der Waals surface area contributed by atoms with Crippen LogP contribution in [-0.2, 0) is 11.3 Å². The summed E-state index contributed by atoms with van der Waals surface area (Å²) in [5, 5.41) is 5.96. The summed E-state index contributed by atoms with van der Waals surface area (Å²) >= 11 is 0. The van der Waals surface area contributed by atoms with Gasteiger partial charge in [-0.15, -0.1) is 0 Å². The highest BCUT2D eigenvalue weighted by molar-refractivity contribution is 6.09. The number of nitrogens with one attached hydrogen (secondary N) is 2. The summed E-state index contributed by atoms with van der Waals surface area (Å²) < 4.78 is 5.22. The summed E-state index contributed by atoms with van der Waals surface area (Å²) in [5.74, 6) is -0.119. The topological polar surface area (TPSA) is 101 Å². The quantitative estimate of drug-likeness (QED) is 0.608. The lowest BCUT2D eigenvalue weighted by atomic mass is 9.96. The minimum absolute atomic E-state index is 0.00599. The van der Waals surface area contributed by atoms with E-state index in [1.807, 2.05) is 36.4 Å². The number of hydrogen-bond donors (Lipinski definition) is 2. The number of benzene rings is 2. The van der Waals surface area contributed by atoms with Gasteiger partial charge in [0.1, 0.15) is 5.75 Å². The van der Waals surface area contributed by atoms with Crippen molar-refractivity contribution < 1.29 is 19.1 Å². The van der Waals surface area contributed by atoms with Gasteiger partial charge in [0.25, 0.3) is 11.8 Å². The van der Waals surface area contributed by atoms with Crippen molar-refractivity contribution in [1.82, 2.24) is 20.5 Å². The van der Waals surface area contributed by atoms with Crippen molar-refractivity contribution in [3.63, 3.8) is 0 Å². The van der Waals surface area contributed by atoms with Gasteiger partial charge in [0.05, 0.1) is 19.2 Å². The molecule has 32 heavy (non-hydrogen) atoms. The van der Waals surface area contributed by atoms with Gasteiger partial charge in [0.15, 0.2) is 5.54 Å². The third kappa shape index (κ3) is 3.35. The van der Waals surface area contributed by atoms with Crippen LogP contribution in [0.4, 0.5) is 4.79 Å². The monoisotopic (exact) mass is 428 g/mol. The number of rotatable bonds is 5. The molecule has 1 fully saturated rings. The summed E-state index contributed by atoms with van der Waals surface area (Å²) in [4.78, 5) is 43.7. The van der Waals surface area contributed by atoms with E-state index in [0.717, 1.165) is 22.0 Å². The van der Waals surface area contributed by atoms with Gasteiger partial charge in [0, 0.05) is 23.7 Å². The summed E-state index contributed by atoms with van der Waals surface area (Å²) in [7, 11) is 1.54. The second-order valence-corrected chi connectivity index (χ2v) is 7.85.